The zero-order chi connectivity index (χ0) is 17.9. The van der Waals surface area contributed by atoms with E-state index in [4.69, 9.17) is 0 Å². The molecule has 0 saturated carbocycles. The van der Waals surface area contributed by atoms with Gasteiger partial charge in [-0.25, -0.2) is 4.98 Å². The lowest BCUT2D eigenvalue weighted by molar-refractivity contribution is -0.110. The van der Waals surface area contributed by atoms with E-state index >= 15 is 0 Å². The number of hydrogen-bond acceptors (Lipinski definition) is 5. The zero-order valence-corrected chi connectivity index (χ0v) is 15.7. The van der Waals surface area contributed by atoms with Crippen molar-refractivity contribution in [1.29, 1.82) is 0 Å². The van der Waals surface area contributed by atoms with Crippen LogP contribution in [-0.2, 0) is 4.79 Å². The van der Waals surface area contributed by atoms with Gasteiger partial charge in [0.15, 0.2) is 0 Å². The van der Waals surface area contributed by atoms with Gasteiger partial charge in [-0.05, 0) is 48.7 Å². The highest BCUT2D eigenvalue weighted by molar-refractivity contribution is 7.97. The van der Waals surface area contributed by atoms with E-state index in [0.29, 0.717) is 5.57 Å². The zero-order valence-electron chi connectivity index (χ0n) is 14.1. The van der Waals surface area contributed by atoms with Gasteiger partial charge in [-0.3, -0.25) is 9.52 Å². The number of amides is 1. The van der Waals surface area contributed by atoms with Crippen LogP contribution in [0.2, 0.25) is 0 Å². The molecule has 130 valence electrons. The molecular formula is C20H17N3OS2. The van der Waals surface area contributed by atoms with Gasteiger partial charge in [-0.2, -0.15) is 0 Å². The number of aromatic nitrogens is 1. The van der Waals surface area contributed by atoms with Crippen LogP contribution in [0.5, 0.6) is 0 Å². The lowest BCUT2D eigenvalue weighted by atomic mass is 10.1. The van der Waals surface area contributed by atoms with E-state index < -0.39 is 0 Å². The van der Waals surface area contributed by atoms with E-state index in [-0.39, 0.29) is 11.9 Å². The van der Waals surface area contributed by atoms with Gasteiger partial charge in [-0.15, -0.1) is 11.3 Å². The lowest BCUT2D eigenvalue weighted by Gasteiger charge is -2.13. The molecule has 1 aromatic heterocycles. The van der Waals surface area contributed by atoms with Crippen molar-refractivity contribution in [1.82, 2.24) is 9.71 Å². The van der Waals surface area contributed by atoms with Crippen molar-refractivity contribution < 1.29 is 4.79 Å². The van der Waals surface area contributed by atoms with Gasteiger partial charge in [0.25, 0.3) is 5.91 Å². The molecule has 6 heteroatoms. The highest BCUT2D eigenvalue weighted by atomic mass is 32.2. The second kappa shape index (κ2) is 7.45. The number of nitrogens with zero attached hydrogens (tertiary/aromatic N) is 1. The molecule has 1 atom stereocenters. The Labute approximate surface area is 160 Å². The van der Waals surface area contributed by atoms with Gasteiger partial charge in [0.05, 0.1) is 5.57 Å². The van der Waals surface area contributed by atoms with Gasteiger partial charge in [-0.1, -0.05) is 30.3 Å². The van der Waals surface area contributed by atoms with Crippen LogP contribution in [0.3, 0.4) is 0 Å². The molecule has 1 amide bonds. The Morgan fingerprint density at radius 3 is 2.85 bits per heavy atom. The van der Waals surface area contributed by atoms with Crippen LogP contribution < -0.4 is 10.0 Å². The Bertz CT molecular complexity index is 952. The molecule has 2 aromatic carbocycles. The van der Waals surface area contributed by atoms with E-state index in [1.807, 2.05) is 47.9 Å². The third kappa shape index (κ3) is 3.58. The quantitative estimate of drug-likeness (QED) is 0.484. The molecule has 26 heavy (non-hydrogen) atoms. The summed E-state index contributed by atoms with van der Waals surface area (Å²) in [5.74, 6) is -0.0806. The maximum Gasteiger partial charge on any atom is 0.256 e. The van der Waals surface area contributed by atoms with E-state index in [1.165, 1.54) is 16.9 Å². The molecule has 0 saturated heterocycles. The summed E-state index contributed by atoms with van der Waals surface area (Å²) in [5, 5.41) is 5.65. The maximum atomic E-state index is 12.3. The Balaban J connectivity index is 1.54. The van der Waals surface area contributed by atoms with Crippen LogP contribution in [0.1, 0.15) is 29.1 Å². The molecule has 1 unspecified atom stereocenters. The summed E-state index contributed by atoms with van der Waals surface area (Å²) in [7, 11) is 0. The number of carbonyl (C=O) groups excluding carboxylic acids is 1. The summed E-state index contributed by atoms with van der Waals surface area (Å²) < 4.78 is 3.46. The molecule has 1 aliphatic rings. The number of nitrogens with one attached hydrogen (secondary N) is 2. The van der Waals surface area contributed by atoms with Crippen LogP contribution in [0.4, 0.5) is 5.69 Å². The van der Waals surface area contributed by atoms with E-state index in [0.717, 1.165) is 21.2 Å². The molecule has 4 rings (SSSR count). The van der Waals surface area contributed by atoms with Crippen LogP contribution in [-0.4, -0.2) is 10.9 Å². The van der Waals surface area contributed by atoms with Crippen molar-refractivity contribution in [3.05, 3.63) is 76.2 Å². The van der Waals surface area contributed by atoms with Crippen molar-refractivity contribution in [3.63, 3.8) is 0 Å². The van der Waals surface area contributed by atoms with Gasteiger partial charge < -0.3 is 5.32 Å². The molecule has 3 aromatic rings. The van der Waals surface area contributed by atoms with Crippen molar-refractivity contribution in [2.75, 3.05) is 5.32 Å². The summed E-state index contributed by atoms with van der Waals surface area (Å²) in [5.41, 5.74) is 3.67. The van der Waals surface area contributed by atoms with Crippen LogP contribution in [0.25, 0.3) is 11.6 Å². The number of fused-ring (bicyclic) bond motifs is 1. The first-order valence-electron chi connectivity index (χ1n) is 8.25. The minimum atomic E-state index is -0.0806. The predicted molar refractivity (Wildman–Crippen MR) is 109 cm³/mol. The SMILES string of the molecule is CC(NSc1ccc2c(c1)/C(=C\c1nccs1)C(=O)N2)c1ccccc1. The van der Waals surface area contributed by atoms with Gasteiger partial charge in [0, 0.05) is 33.8 Å². The average Bonchev–Trinajstić information content (AvgIpc) is 3.29. The van der Waals surface area contributed by atoms with Crippen molar-refractivity contribution in [2.45, 2.75) is 17.9 Å². The average molecular weight is 380 g/mol. The Morgan fingerprint density at radius 2 is 2.08 bits per heavy atom. The highest BCUT2D eigenvalue weighted by Crippen LogP contribution is 2.36. The summed E-state index contributed by atoms with van der Waals surface area (Å²) in [4.78, 5) is 17.6. The number of hydrogen-bond donors (Lipinski definition) is 2. The fourth-order valence-electron chi connectivity index (χ4n) is 2.77. The molecule has 1 aliphatic heterocycles. The highest BCUT2D eigenvalue weighted by Gasteiger charge is 2.24. The van der Waals surface area contributed by atoms with Gasteiger partial charge >= 0.3 is 0 Å². The topological polar surface area (TPSA) is 54.0 Å². The summed E-state index contributed by atoms with van der Waals surface area (Å²) in [6.07, 6.45) is 3.59. The fraction of sp³-hybridized carbons (Fsp3) is 0.100. The molecule has 0 aliphatic carbocycles. The Morgan fingerprint density at radius 1 is 1.23 bits per heavy atom. The molecule has 2 N–H and O–H groups in total. The maximum absolute atomic E-state index is 12.3. The number of anilines is 1. The second-order valence-corrected chi connectivity index (χ2v) is 7.78. The largest absolute Gasteiger partial charge is 0.321 e. The first-order chi connectivity index (χ1) is 12.7. The lowest BCUT2D eigenvalue weighted by Crippen LogP contribution is -2.09. The summed E-state index contributed by atoms with van der Waals surface area (Å²) in [6, 6.07) is 16.6. The first-order valence-corrected chi connectivity index (χ1v) is 9.94. The van der Waals surface area contributed by atoms with E-state index in [1.54, 1.807) is 18.1 Å². The molecule has 0 radical (unpaired) electrons. The monoisotopic (exact) mass is 379 g/mol. The molecule has 0 fully saturated rings. The summed E-state index contributed by atoms with van der Waals surface area (Å²) >= 11 is 3.09. The van der Waals surface area contributed by atoms with Gasteiger partial charge in [0.2, 0.25) is 0 Å². The molecule has 4 nitrogen and oxygen atoms in total. The third-order valence-electron chi connectivity index (χ3n) is 4.15. The predicted octanol–water partition coefficient (Wildman–Crippen LogP) is 4.99. The van der Waals surface area contributed by atoms with E-state index in [2.05, 4.69) is 34.1 Å². The van der Waals surface area contributed by atoms with Crippen molar-refractivity contribution in [3.8, 4) is 0 Å². The van der Waals surface area contributed by atoms with Crippen LogP contribution in [0.15, 0.2) is 65.0 Å². The van der Waals surface area contributed by atoms with Crippen LogP contribution >= 0.6 is 23.3 Å². The normalized spacial score (nSPS) is 15.7. The Kier molecular flexibility index (Phi) is 4.88. The molecule has 0 bridgehead atoms. The minimum absolute atomic E-state index is 0.0806. The van der Waals surface area contributed by atoms with Crippen LogP contribution in [0, 0.1) is 0 Å². The first kappa shape index (κ1) is 17.0. The minimum Gasteiger partial charge on any atom is -0.321 e. The molecule has 0 spiro atoms. The molecule has 2 heterocycles. The summed E-state index contributed by atoms with van der Waals surface area (Å²) in [6.45, 7) is 2.13. The van der Waals surface area contributed by atoms with E-state index in [9.17, 15) is 4.79 Å². The number of carbonyl (C=O) groups is 1. The second-order valence-electron chi connectivity index (χ2n) is 5.94. The van der Waals surface area contributed by atoms with Crippen molar-refractivity contribution in [2.24, 2.45) is 0 Å². The Hall–Kier alpha value is -2.41. The molecular weight excluding hydrogens is 362 g/mol. The standard InChI is InChI=1S/C20H17N3OS2/c1-13(14-5-3-2-4-6-14)23-26-15-7-8-18-16(11-15)17(20(24)22-18)12-19-21-9-10-25-19/h2-13,23H,1H3,(H,22,24)/b17-12+. The smallest absolute Gasteiger partial charge is 0.256 e. The number of benzene rings is 2. The third-order valence-corrected chi connectivity index (χ3v) is 5.83. The number of rotatable bonds is 5. The number of thiazole rings is 1. The van der Waals surface area contributed by atoms with Gasteiger partial charge in [0.1, 0.15) is 5.01 Å². The fourth-order valence-corrected chi connectivity index (χ4v) is 4.10. The van der Waals surface area contributed by atoms with Crippen molar-refractivity contribution >= 4 is 46.5 Å².